The molecule has 0 aliphatic heterocycles. The molecule has 0 aliphatic carbocycles. The molecule has 0 fully saturated rings. The van der Waals surface area contributed by atoms with Crippen molar-refractivity contribution in [2.45, 2.75) is 0 Å². The molecule has 0 aliphatic rings. The lowest BCUT2D eigenvalue weighted by Gasteiger charge is -2.15. The number of anilines is 5. The Morgan fingerprint density at radius 3 is 0.868 bits per heavy atom. The van der Waals surface area contributed by atoms with Crippen molar-refractivity contribution in [1.82, 2.24) is 0 Å². The zero-order valence-corrected chi connectivity index (χ0v) is 32.2. The number of benzene rings is 8. The smallest absolute Gasteiger partial charge is 0.0623 e. The Hall–Kier alpha value is -5.88. The largest absolute Gasteiger partial charge is 0.399 e. The average Bonchev–Trinajstić information content (AvgIpc) is 3.22. The molecule has 5 heteroatoms. The lowest BCUT2D eigenvalue weighted by Crippen LogP contribution is -1.97. The highest BCUT2D eigenvalue weighted by atomic mass is 79.9. The highest BCUT2D eigenvalue weighted by Gasteiger charge is 2.05. The van der Waals surface area contributed by atoms with Gasteiger partial charge in [-0.15, -0.1) is 0 Å². The minimum absolute atomic E-state index is 0.805. The molecule has 260 valence electrons. The number of rotatable bonds is 7. The van der Waals surface area contributed by atoms with Crippen LogP contribution in [0.25, 0.3) is 33.4 Å². The fourth-order valence-electron chi connectivity index (χ4n) is 5.51. The number of nitrogens with two attached hydrogens (primary N) is 1. The summed E-state index contributed by atoms with van der Waals surface area (Å²) in [6.07, 6.45) is 0. The first-order valence-electron chi connectivity index (χ1n) is 17.3. The summed E-state index contributed by atoms with van der Waals surface area (Å²) in [5, 5.41) is 7.09. The lowest BCUT2D eigenvalue weighted by molar-refractivity contribution is 1.50. The average molecular weight is 818 g/mol. The molecule has 0 heterocycles. The Balaban J connectivity index is 0.000000186. The molecule has 0 radical (unpaired) electrons. The minimum atomic E-state index is 0.805. The monoisotopic (exact) mass is 815 g/mol. The van der Waals surface area contributed by atoms with Gasteiger partial charge < -0.3 is 16.4 Å². The molecular formula is C48H39Br2N3. The SMILES string of the molecule is Brc1ccccc1Br.Nc1ccc(-c2ccccc2)cc1.c1ccc(-c2ccc(Nc3ccccc3Nc3ccc(-c4ccccc4)cc3)cc2)cc1. The number of halogens is 2. The third kappa shape index (κ3) is 11.1. The summed E-state index contributed by atoms with van der Waals surface area (Å²) in [4.78, 5) is 0. The molecule has 0 amide bonds. The van der Waals surface area contributed by atoms with Crippen LogP contribution in [0.4, 0.5) is 28.4 Å². The maximum absolute atomic E-state index is 5.60. The molecule has 0 saturated carbocycles. The van der Waals surface area contributed by atoms with Crippen molar-refractivity contribution in [3.8, 4) is 33.4 Å². The summed E-state index contributed by atoms with van der Waals surface area (Å²) in [6, 6.07) is 72.3. The number of hydrogen-bond acceptors (Lipinski definition) is 3. The Kier molecular flexibility index (Phi) is 13.3. The van der Waals surface area contributed by atoms with Crippen LogP contribution >= 0.6 is 31.9 Å². The van der Waals surface area contributed by atoms with E-state index in [0.717, 1.165) is 37.4 Å². The maximum atomic E-state index is 5.60. The molecule has 0 saturated heterocycles. The van der Waals surface area contributed by atoms with Gasteiger partial charge in [0.05, 0.1) is 11.4 Å². The van der Waals surface area contributed by atoms with Crippen molar-refractivity contribution in [3.63, 3.8) is 0 Å². The predicted octanol–water partition coefficient (Wildman–Crippen LogP) is 14.7. The standard InChI is InChI=1S/C30H24N2.C12H11N.C6H4Br2/c1-3-9-23(10-4-1)25-15-19-27(20-16-25)31-29-13-7-8-14-30(29)32-28-21-17-26(18-22-28)24-11-5-2-6-12-24;13-12-8-6-11(7-9-12)10-4-2-1-3-5-10;7-5-3-1-2-4-6(5)8/h1-22,31-32H;1-9H,13H2;1-4H. The van der Waals surface area contributed by atoms with Crippen molar-refractivity contribution in [2.75, 3.05) is 16.4 Å². The van der Waals surface area contributed by atoms with Gasteiger partial charge >= 0.3 is 0 Å². The van der Waals surface area contributed by atoms with Crippen molar-refractivity contribution in [1.29, 1.82) is 0 Å². The zero-order chi connectivity index (χ0) is 36.7. The van der Waals surface area contributed by atoms with E-state index in [0.29, 0.717) is 0 Å². The summed E-state index contributed by atoms with van der Waals surface area (Å²) in [5.74, 6) is 0. The fraction of sp³-hybridized carbons (Fsp3) is 0. The van der Waals surface area contributed by atoms with Crippen LogP contribution in [0.2, 0.25) is 0 Å². The molecule has 8 rings (SSSR count). The molecule has 0 spiro atoms. The van der Waals surface area contributed by atoms with Gasteiger partial charge in [0.15, 0.2) is 0 Å². The summed E-state index contributed by atoms with van der Waals surface area (Å²) < 4.78 is 2.19. The highest BCUT2D eigenvalue weighted by Crippen LogP contribution is 2.31. The van der Waals surface area contributed by atoms with Crippen LogP contribution in [0.1, 0.15) is 0 Å². The van der Waals surface area contributed by atoms with Gasteiger partial charge in [0.1, 0.15) is 0 Å². The van der Waals surface area contributed by atoms with E-state index >= 15 is 0 Å². The second-order valence-electron chi connectivity index (χ2n) is 12.1. The molecular weight excluding hydrogens is 778 g/mol. The normalized spacial score (nSPS) is 10.2. The van der Waals surface area contributed by atoms with Crippen molar-refractivity contribution in [2.24, 2.45) is 0 Å². The minimum Gasteiger partial charge on any atom is -0.399 e. The molecule has 4 N–H and O–H groups in total. The summed E-state index contributed by atoms with van der Waals surface area (Å²) >= 11 is 6.70. The Morgan fingerprint density at radius 2 is 0.547 bits per heavy atom. The Morgan fingerprint density at radius 1 is 0.283 bits per heavy atom. The summed E-state index contributed by atoms with van der Waals surface area (Å²) in [7, 11) is 0. The molecule has 0 bridgehead atoms. The van der Waals surface area contributed by atoms with Gasteiger partial charge in [-0.2, -0.15) is 0 Å². The third-order valence-electron chi connectivity index (χ3n) is 8.31. The number of nitrogens with one attached hydrogen (secondary N) is 2. The van der Waals surface area contributed by atoms with Gasteiger partial charge in [-0.05, 0) is 126 Å². The highest BCUT2D eigenvalue weighted by molar-refractivity contribution is 9.13. The number of para-hydroxylation sites is 2. The van der Waals surface area contributed by atoms with Crippen molar-refractivity contribution < 1.29 is 0 Å². The van der Waals surface area contributed by atoms with E-state index in [1.165, 1.54) is 33.4 Å². The van der Waals surface area contributed by atoms with E-state index in [1.54, 1.807) is 0 Å². The van der Waals surface area contributed by atoms with Crippen LogP contribution in [-0.2, 0) is 0 Å². The lowest BCUT2D eigenvalue weighted by atomic mass is 10.1. The first-order valence-corrected chi connectivity index (χ1v) is 18.9. The quantitative estimate of drug-likeness (QED) is 0.140. The number of hydrogen-bond donors (Lipinski definition) is 3. The van der Waals surface area contributed by atoms with E-state index < -0.39 is 0 Å². The molecule has 8 aromatic rings. The van der Waals surface area contributed by atoms with Crippen LogP contribution in [0, 0.1) is 0 Å². The third-order valence-corrected chi connectivity index (χ3v) is 10.2. The van der Waals surface area contributed by atoms with Gasteiger partial charge in [0.2, 0.25) is 0 Å². The van der Waals surface area contributed by atoms with Crippen LogP contribution < -0.4 is 16.4 Å². The first-order chi connectivity index (χ1) is 26.0. The maximum Gasteiger partial charge on any atom is 0.0623 e. The van der Waals surface area contributed by atoms with Crippen molar-refractivity contribution in [3.05, 3.63) is 221 Å². The predicted molar refractivity (Wildman–Crippen MR) is 235 cm³/mol. The van der Waals surface area contributed by atoms with E-state index in [-0.39, 0.29) is 0 Å². The van der Waals surface area contributed by atoms with Gasteiger partial charge in [-0.3, -0.25) is 0 Å². The van der Waals surface area contributed by atoms with Crippen LogP contribution in [-0.4, -0.2) is 0 Å². The Labute approximate surface area is 329 Å². The molecule has 0 atom stereocenters. The summed E-state index contributed by atoms with van der Waals surface area (Å²) in [5.41, 5.74) is 17.9. The fourth-order valence-corrected chi connectivity index (χ4v) is 6.08. The van der Waals surface area contributed by atoms with Crippen LogP contribution in [0.5, 0.6) is 0 Å². The van der Waals surface area contributed by atoms with Gasteiger partial charge in [0, 0.05) is 26.0 Å². The molecule has 0 unspecified atom stereocenters. The first kappa shape index (κ1) is 36.9. The zero-order valence-electron chi connectivity index (χ0n) is 29.0. The van der Waals surface area contributed by atoms with Gasteiger partial charge in [-0.25, -0.2) is 0 Å². The van der Waals surface area contributed by atoms with Crippen LogP contribution in [0.3, 0.4) is 0 Å². The van der Waals surface area contributed by atoms with Gasteiger partial charge in [0.25, 0.3) is 0 Å². The molecule has 3 nitrogen and oxygen atoms in total. The van der Waals surface area contributed by atoms with E-state index in [1.807, 2.05) is 91.0 Å². The van der Waals surface area contributed by atoms with Crippen molar-refractivity contribution >= 4 is 60.3 Å². The molecule has 0 aromatic heterocycles. The number of nitrogen functional groups attached to an aromatic ring is 1. The van der Waals surface area contributed by atoms with Gasteiger partial charge in [-0.1, -0.05) is 152 Å². The topological polar surface area (TPSA) is 50.1 Å². The van der Waals surface area contributed by atoms with E-state index in [4.69, 9.17) is 5.73 Å². The van der Waals surface area contributed by atoms with Crippen LogP contribution in [0.15, 0.2) is 221 Å². The molecule has 53 heavy (non-hydrogen) atoms. The van der Waals surface area contributed by atoms with E-state index in [2.05, 4.69) is 164 Å². The summed E-state index contributed by atoms with van der Waals surface area (Å²) in [6.45, 7) is 0. The second-order valence-corrected chi connectivity index (χ2v) is 13.8. The van der Waals surface area contributed by atoms with E-state index in [9.17, 15) is 0 Å². The molecule has 8 aromatic carbocycles. The Bertz CT molecular complexity index is 2150. The second kappa shape index (κ2) is 19.1.